The second-order valence-electron chi connectivity index (χ2n) is 4.75. The van der Waals surface area contributed by atoms with Gasteiger partial charge in [-0.25, -0.2) is 13.5 Å². The van der Waals surface area contributed by atoms with Gasteiger partial charge in [0, 0.05) is 0 Å². The quantitative estimate of drug-likeness (QED) is 0.688. The third-order valence-electron chi connectivity index (χ3n) is 2.47. The molecule has 0 aliphatic rings. The van der Waals surface area contributed by atoms with Crippen LogP contribution in [0.4, 0.5) is 8.78 Å². The zero-order valence-corrected chi connectivity index (χ0v) is 11.5. The molecule has 0 aromatic carbocycles. The summed E-state index contributed by atoms with van der Waals surface area (Å²) in [7, 11) is 0. The molecule has 1 aromatic heterocycles. The van der Waals surface area contributed by atoms with Crippen molar-refractivity contribution in [1.82, 2.24) is 25.5 Å². The number of nitrogens with zero attached hydrogens (tertiary/aromatic N) is 4. The molecule has 0 radical (unpaired) electrons. The molecule has 19 heavy (non-hydrogen) atoms. The molecule has 1 unspecified atom stereocenters. The van der Waals surface area contributed by atoms with E-state index in [0.717, 1.165) is 6.54 Å². The van der Waals surface area contributed by atoms with Crippen molar-refractivity contribution >= 4 is 0 Å². The van der Waals surface area contributed by atoms with E-state index in [0.29, 0.717) is 18.3 Å². The maximum Gasteiger partial charge on any atom is 0.261 e. The standard InChI is InChI=1S/C11H21F2N5O/c1-8(2)6-14-9(3)11-15-16-17-18(11)4-5-19-7-10(12)13/h8-10,14H,4-7H2,1-3H3. The first kappa shape index (κ1) is 15.9. The summed E-state index contributed by atoms with van der Waals surface area (Å²) >= 11 is 0. The van der Waals surface area contributed by atoms with Crippen molar-refractivity contribution in [2.45, 2.75) is 39.8 Å². The smallest absolute Gasteiger partial charge is 0.261 e. The van der Waals surface area contributed by atoms with E-state index in [9.17, 15) is 8.78 Å². The van der Waals surface area contributed by atoms with E-state index in [1.165, 1.54) is 0 Å². The minimum Gasteiger partial charge on any atom is -0.374 e. The van der Waals surface area contributed by atoms with Crippen molar-refractivity contribution in [2.75, 3.05) is 19.8 Å². The Bertz CT molecular complexity index is 359. The summed E-state index contributed by atoms with van der Waals surface area (Å²) in [5.74, 6) is 1.21. The molecule has 0 aliphatic heterocycles. The lowest BCUT2D eigenvalue weighted by atomic mass is 10.2. The lowest BCUT2D eigenvalue weighted by Crippen LogP contribution is -2.26. The highest BCUT2D eigenvalue weighted by molar-refractivity contribution is 4.89. The Balaban J connectivity index is 2.41. The first-order chi connectivity index (χ1) is 9.00. The Kier molecular flexibility index (Phi) is 6.79. The number of halogens is 2. The average molecular weight is 277 g/mol. The zero-order chi connectivity index (χ0) is 14.3. The summed E-state index contributed by atoms with van der Waals surface area (Å²) in [4.78, 5) is 0. The van der Waals surface area contributed by atoms with Crippen molar-refractivity contribution in [3.05, 3.63) is 5.82 Å². The van der Waals surface area contributed by atoms with Crippen molar-refractivity contribution in [1.29, 1.82) is 0 Å². The van der Waals surface area contributed by atoms with Gasteiger partial charge in [0.1, 0.15) is 6.61 Å². The van der Waals surface area contributed by atoms with Crippen LogP contribution in [-0.4, -0.2) is 46.4 Å². The Morgan fingerprint density at radius 2 is 2.05 bits per heavy atom. The summed E-state index contributed by atoms with van der Waals surface area (Å²) in [6.07, 6.45) is -2.44. The van der Waals surface area contributed by atoms with Crippen LogP contribution in [0.1, 0.15) is 32.6 Å². The number of tetrazole rings is 1. The van der Waals surface area contributed by atoms with E-state index in [1.54, 1.807) is 4.68 Å². The molecule has 1 atom stereocenters. The summed E-state index contributed by atoms with van der Waals surface area (Å²) < 4.78 is 30.2. The van der Waals surface area contributed by atoms with Crippen molar-refractivity contribution in [3.63, 3.8) is 0 Å². The van der Waals surface area contributed by atoms with Crippen molar-refractivity contribution in [3.8, 4) is 0 Å². The molecule has 0 spiro atoms. The zero-order valence-electron chi connectivity index (χ0n) is 11.5. The van der Waals surface area contributed by atoms with Gasteiger partial charge in [0.2, 0.25) is 0 Å². The molecule has 1 N–H and O–H groups in total. The fourth-order valence-corrected chi connectivity index (χ4v) is 1.51. The van der Waals surface area contributed by atoms with Crippen LogP contribution in [0.3, 0.4) is 0 Å². The summed E-state index contributed by atoms with van der Waals surface area (Å²) in [5, 5.41) is 14.7. The number of alkyl halides is 2. The highest BCUT2D eigenvalue weighted by atomic mass is 19.3. The fourth-order valence-electron chi connectivity index (χ4n) is 1.51. The second-order valence-corrected chi connectivity index (χ2v) is 4.75. The molecule has 0 amide bonds. The monoisotopic (exact) mass is 277 g/mol. The first-order valence-electron chi connectivity index (χ1n) is 6.36. The number of nitrogens with one attached hydrogen (secondary N) is 1. The molecule has 0 saturated heterocycles. The van der Waals surface area contributed by atoms with E-state index in [-0.39, 0.29) is 12.6 Å². The van der Waals surface area contributed by atoms with Crippen LogP contribution >= 0.6 is 0 Å². The van der Waals surface area contributed by atoms with Gasteiger partial charge in [-0.05, 0) is 29.8 Å². The van der Waals surface area contributed by atoms with Crippen LogP contribution in [0.2, 0.25) is 0 Å². The Hall–Kier alpha value is -1.15. The van der Waals surface area contributed by atoms with Gasteiger partial charge in [-0.3, -0.25) is 0 Å². The molecular formula is C11H21F2N5O. The maximum absolute atomic E-state index is 11.9. The van der Waals surface area contributed by atoms with E-state index in [2.05, 4.69) is 34.7 Å². The topological polar surface area (TPSA) is 64.9 Å². The second kappa shape index (κ2) is 8.11. The van der Waals surface area contributed by atoms with Gasteiger partial charge < -0.3 is 10.1 Å². The van der Waals surface area contributed by atoms with E-state index < -0.39 is 13.0 Å². The normalized spacial score (nSPS) is 13.4. The van der Waals surface area contributed by atoms with Gasteiger partial charge in [0.05, 0.1) is 19.2 Å². The van der Waals surface area contributed by atoms with Crippen LogP contribution in [0, 0.1) is 5.92 Å². The molecule has 0 bridgehead atoms. The number of hydrogen-bond donors (Lipinski definition) is 1. The Morgan fingerprint density at radius 1 is 1.32 bits per heavy atom. The molecule has 1 aromatic rings. The molecule has 1 rings (SSSR count). The fraction of sp³-hybridized carbons (Fsp3) is 0.909. The lowest BCUT2D eigenvalue weighted by Gasteiger charge is -2.15. The number of ether oxygens (including phenoxy) is 1. The minimum atomic E-state index is -2.44. The molecular weight excluding hydrogens is 256 g/mol. The number of aromatic nitrogens is 4. The SMILES string of the molecule is CC(C)CNC(C)c1nnnn1CCOCC(F)F. The highest BCUT2D eigenvalue weighted by Crippen LogP contribution is 2.08. The van der Waals surface area contributed by atoms with Gasteiger partial charge in [-0.2, -0.15) is 0 Å². The Labute approximate surface area is 111 Å². The average Bonchev–Trinajstić information content (AvgIpc) is 2.79. The van der Waals surface area contributed by atoms with E-state index in [1.807, 2.05) is 6.92 Å². The molecule has 0 aliphatic carbocycles. The van der Waals surface area contributed by atoms with Crippen LogP contribution in [0.15, 0.2) is 0 Å². The van der Waals surface area contributed by atoms with Crippen molar-refractivity contribution < 1.29 is 13.5 Å². The van der Waals surface area contributed by atoms with E-state index >= 15 is 0 Å². The van der Waals surface area contributed by atoms with Gasteiger partial charge in [-0.15, -0.1) is 5.10 Å². The molecule has 6 nitrogen and oxygen atoms in total. The predicted octanol–water partition coefficient (Wildman–Crippen LogP) is 1.26. The first-order valence-corrected chi connectivity index (χ1v) is 6.36. The third-order valence-corrected chi connectivity index (χ3v) is 2.47. The van der Waals surface area contributed by atoms with Crippen LogP contribution in [0.25, 0.3) is 0 Å². The van der Waals surface area contributed by atoms with Gasteiger partial charge in [0.15, 0.2) is 5.82 Å². The third kappa shape index (κ3) is 6.02. The van der Waals surface area contributed by atoms with Gasteiger partial charge in [-0.1, -0.05) is 13.8 Å². The minimum absolute atomic E-state index is 0.00694. The van der Waals surface area contributed by atoms with E-state index in [4.69, 9.17) is 4.74 Å². The van der Waals surface area contributed by atoms with Crippen LogP contribution in [0.5, 0.6) is 0 Å². The Morgan fingerprint density at radius 3 is 2.68 bits per heavy atom. The molecule has 0 saturated carbocycles. The lowest BCUT2D eigenvalue weighted by molar-refractivity contribution is 0.0136. The van der Waals surface area contributed by atoms with Crippen LogP contribution in [-0.2, 0) is 11.3 Å². The summed E-state index contributed by atoms with van der Waals surface area (Å²) in [6, 6.07) is 0.00694. The molecule has 110 valence electrons. The predicted molar refractivity (Wildman–Crippen MR) is 65.9 cm³/mol. The molecule has 8 heteroatoms. The molecule has 0 fully saturated rings. The maximum atomic E-state index is 11.9. The largest absolute Gasteiger partial charge is 0.374 e. The van der Waals surface area contributed by atoms with Gasteiger partial charge >= 0.3 is 0 Å². The number of hydrogen-bond acceptors (Lipinski definition) is 5. The molecule has 1 heterocycles. The van der Waals surface area contributed by atoms with Crippen molar-refractivity contribution in [2.24, 2.45) is 5.92 Å². The van der Waals surface area contributed by atoms with Crippen LogP contribution < -0.4 is 5.32 Å². The summed E-state index contributed by atoms with van der Waals surface area (Å²) in [6.45, 7) is 7.02. The van der Waals surface area contributed by atoms with Gasteiger partial charge in [0.25, 0.3) is 6.43 Å². The summed E-state index contributed by atoms with van der Waals surface area (Å²) in [5.41, 5.74) is 0. The highest BCUT2D eigenvalue weighted by Gasteiger charge is 2.14. The number of rotatable bonds is 9.